The third-order valence-electron chi connectivity index (χ3n) is 2.54. The van der Waals surface area contributed by atoms with E-state index in [9.17, 15) is 17.2 Å². The Labute approximate surface area is 92.7 Å². The lowest BCUT2D eigenvalue weighted by Gasteiger charge is -2.15. The fourth-order valence-electron chi connectivity index (χ4n) is 1.76. The van der Waals surface area contributed by atoms with Gasteiger partial charge in [-0.2, -0.15) is 4.31 Å². The first-order valence-corrected chi connectivity index (χ1v) is 6.40. The fraction of sp³-hybridized carbons (Fsp3) is 0.400. The van der Waals surface area contributed by atoms with Crippen molar-refractivity contribution >= 4 is 10.0 Å². The summed E-state index contributed by atoms with van der Waals surface area (Å²) < 4.78 is 51.0. The second kappa shape index (κ2) is 4.10. The Kier molecular flexibility index (Phi) is 2.94. The average molecular weight is 247 g/mol. The Bertz CT molecular complexity index is 475. The molecule has 0 bridgehead atoms. The summed E-state index contributed by atoms with van der Waals surface area (Å²) in [7, 11) is -3.73. The lowest BCUT2D eigenvalue weighted by molar-refractivity contribution is 0.475. The molecule has 0 saturated carbocycles. The second-order valence-corrected chi connectivity index (χ2v) is 5.65. The zero-order chi connectivity index (χ0) is 11.8. The summed E-state index contributed by atoms with van der Waals surface area (Å²) in [6.07, 6.45) is 1.58. The van der Waals surface area contributed by atoms with Gasteiger partial charge in [0.1, 0.15) is 11.6 Å². The van der Waals surface area contributed by atoms with Crippen molar-refractivity contribution < 1.29 is 17.2 Å². The van der Waals surface area contributed by atoms with Crippen LogP contribution in [-0.4, -0.2) is 25.8 Å². The quantitative estimate of drug-likeness (QED) is 0.798. The zero-order valence-corrected chi connectivity index (χ0v) is 9.30. The zero-order valence-electron chi connectivity index (χ0n) is 8.49. The molecule has 1 heterocycles. The van der Waals surface area contributed by atoms with Gasteiger partial charge in [-0.15, -0.1) is 0 Å². The summed E-state index contributed by atoms with van der Waals surface area (Å²) in [6.45, 7) is 0.834. The first kappa shape index (κ1) is 11.5. The molecule has 0 radical (unpaired) electrons. The predicted molar refractivity (Wildman–Crippen MR) is 54.4 cm³/mol. The van der Waals surface area contributed by atoms with E-state index in [1.54, 1.807) is 0 Å². The van der Waals surface area contributed by atoms with E-state index in [4.69, 9.17) is 0 Å². The fourth-order valence-corrected chi connectivity index (χ4v) is 3.32. The highest BCUT2D eigenvalue weighted by atomic mass is 32.2. The minimum atomic E-state index is -3.73. The van der Waals surface area contributed by atoms with Gasteiger partial charge in [0.05, 0.1) is 4.90 Å². The molecule has 88 valence electrons. The van der Waals surface area contributed by atoms with Gasteiger partial charge >= 0.3 is 0 Å². The van der Waals surface area contributed by atoms with E-state index in [0.717, 1.165) is 25.0 Å². The number of rotatable bonds is 2. The van der Waals surface area contributed by atoms with Crippen molar-refractivity contribution in [3.63, 3.8) is 0 Å². The van der Waals surface area contributed by atoms with Gasteiger partial charge in [-0.05, 0) is 25.0 Å². The van der Waals surface area contributed by atoms with Gasteiger partial charge in [0.15, 0.2) is 0 Å². The maximum atomic E-state index is 12.9. The molecule has 3 nitrogen and oxygen atoms in total. The van der Waals surface area contributed by atoms with Gasteiger partial charge in [-0.3, -0.25) is 0 Å². The predicted octanol–water partition coefficient (Wildman–Crippen LogP) is 1.75. The number of halogens is 2. The number of hydrogen-bond acceptors (Lipinski definition) is 2. The summed E-state index contributed by atoms with van der Waals surface area (Å²) in [6, 6.07) is 2.34. The normalized spacial score (nSPS) is 17.9. The molecule has 0 unspecified atom stereocenters. The van der Waals surface area contributed by atoms with E-state index < -0.39 is 21.7 Å². The molecular formula is C10H11F2NO2S. The molecule has 1 aliphatic heterocycles. The Morgan fingerprint density at radius 2 is 1.50 bits per heavy atom. The first-order chi connectivity index (χ1) is 7.50. The number of hydrogen-bond donors (Lipinski definition) is 0. The number of sulfonamides is 1. The number of nitrogens with zero attached hydrogens (tertiary/aromatic N) is 1. The lowest BCUT2D eigenvalue weighted by Crippen LogP contribution is -2.28. The molecule has 1 aromatic carbocycles. The summed E-state index contributed by atoms with van der Waals surface area (Å²) in [4.78, 5) is -0.313. The van der Waals surface area contributed by atoms with Crippen molar-refractivity contribution in [1.29, 1.82) is 0 Å². The molecule has 0 N–H and O–H groups in total. The van der Waals surface area contributed by atoms with Gasteiger partial charge in [-0.1, -0.05) is 0 Å². The van der Waals surface area contributed by atoms with E-state index in [-0.39, 0.29) is 4.90 Å². The maximum absolute atomic E-state index is 12.9. The Morgan fingerprint density at radius 1 is 1.00 bits per heavy atom. The molecule has 0 aromatic heterocycles. The smallest absolute Gasteiger partial charge is 0.207 e. The van der Waals surface area contributed by atoms with Crippen LogP contribution in [0.25, 0.3) is 0 Å². The second-order valence-electron chi connectivity index (χ2n) is 3.72. The highest BCUT2D eigenvalue weighted by Crippen LogP contribution is 2.22. The topological polar surface area (TPSA) is 37.4 Å². The van der Waals surface area contributed by atoms with Crippen LogP contribution in [0, 0.1) is 11.6 Å². The van der Waals surface area contributed by atoms with Gasteiger partial charge in [-0.25, -0.2) is 17.2 Å². The highest BCUT2D eigenvalue weighted by molar-refractivity contribution is 7.89. The van der Waals surface area contributed by atoms with Crippen molar-refractivity contribution in [2.75, 3.05) is 13.1 Å². The standard InChI is InChI=1S/C10H11F2NO2S/c11-8-5-9(12)7-10(6-8)16(14,15)13-3-1-2-4-13/h5-7H,1-4H2. The third-order valence-corrected chi connectivity index (χ3v) is 4.42. The van der Waals surface area contributed by atoms with Gasteiger partial charge in [0, 0.05) is 19.2 Å². The van der Waals surface area contributed by atoms with Crippen LogP contribution in [0.1, 0.15) is 12.8 Å². The molecule has 0 amide bonds. The van der Waals surface area contributed by atoms with E-state index in [0.29, 0.717) is 19.2 Å². The minimum Gasteiger partial charge on any atom is -0.207 e. The van der Waals surface area contributed by atoms with E-state index in [1.165, 1.54) is 4.31 Å². The van der Waals surface area contributed by atoms with Crippen LogP contribution in [0.15, 0.2) is 23.1 Å². The lowest BCUT2D eigenvalue weighted by atomic mass is 10.3. The average Bonchev–Trinajstić information content (AvgIpc) is 2.69. The molecule has 1 aliphatic rings. The number of benzene rings is 1. The summed E-state index contributed by atoms with van der Waals surface area (Å²) in [5.41, 5.74) is 0. The van der Waals surface area contributed by atoms with Crippen LogP contribution in [0.2, 0.25) is 0 Å². The van der Waals surface area contributed by atoms with Crippen molar-refractivity contribution in [2.24, 2.45) is 0 Å². The SMILES string of the molecule is O=S(=O)(c1cc(F)cc(F)c1)N1CCCC1. The summed E-state index contributed by atoms with van der Waals surface area (Å²) in [5.74, 6) is -1.75. The summed E-state index contributed by atoms with van der Waals surface area (Å²) in [5, 5.41) is 0. The van der Waals surface area contributed by atoms with Crippen LogP contribution >= 0.6 is 0 Å². The molecule has 6 heteroatoms. The maximum Gasteiger partial charge on any atom is 0.243 e. The molecule has 0 atom stereocenters. The van der Waals surface area contributed by atoms with E-state index in [1.807, 2.05) is 0 Å². The Balaban J connectivity index is 2.42. The first-order valence-electron chi connectivity index (χ1n) is 4.96. The third kappa shape index (κ3) is 2.08. The Morgan fingerprint density at radius 3 is 2.00 bits per heavy atom. The van der Waals surface area contributed by atoms with Crippen molar-refractivity contribution in [1.82, 2.24) is 4.31 Å². The van der Waals surface area contributed by atoms with Crippen molar-refractivity contribution in [2.45, 2.75) is 17.7 Å². The van der Waals surface area contributed by atoms with Crippen LogP contribution in [0.4, 0.5) is 8.78 Å². The highest BCUT2D eigenvalue weighted by Gasteiger charge is 2.27. The molecule has 0 aliphatic carbocycles. The van der Waals surface area contributed by atoms with Crippen LogP contribution in [-0.2, 0) is 10.0 Å². The van der Waals surface area contributed by atoms with E-state index >= 15 is 0 Å². The summed E-state index contributed by atoms with van der Waals surface area (Å²) >= 11 is 0. The molecule has 1 fully saturated rings. The molecule has 0 spiro atoms. The van der Waals surface area contributed by atoms with Gasteiger partial charge in [0.2, 0.25) is 10.0 Å². The minimum absolute atomic E-state index is 0.313. The van der Waals surface area contributed by atoms with E-state index in [2.05, 4.69) is 0 Å². The molecule has 16 heavy (non-hydrogen) atoms. The van der Waals surface area contributed by atoms with Gasteiger partial charge < -0.3 is 0 Å². The molecule has 2 rings (SSSR count). The monoisotopic (exact) mass is 247 g/mol. The van der Waals surface area contributed by atoms with Crippen molar-refractivity contribution in [3.05, 3.63) is 29.8 Å². The van der Waals surface area contributed by atoms with Gasteiger partial charge in [0.25, 0.3) is 0 Å². The largest absolute Gasteiger partial charge is 0.243 e. The van der Waals surface area contributed by atoms with Crippen LogP contribution in [0.5, 0.6) is 0 Å². The molecule has 1 saturated heterocycles. The molecule has 1 aromatic rings. The Hall–Kier alpha value is -1.01. The van der Waals surface area contributed by atoms with Crippen LogP contribution in [0.3, 0.4) is 0 Å². The van der Waals surface area contributed by atoms with Crippen LogP contribution < -0.4 is 0 Å². The molecular weight excluding hydrogens is 236 g/mol. The van der Waals surface area contributed by atoms with Crippen molar-refractivity contribution in [3.8, 4) is 0 Å².